The lowest BCUT2D eigenvalue weighted by Gasteiger charge is -2.07. The van der Waals surface area contributed by atoms with E-state index in [2.05, 4.69) is 6.92 Å². The Morgan fingerprint density at radius 1 is 1.04 bits per heavy atom. The van der Waals surface area contributed by atoms with Crippen LogP contribution in [-0.4, -0.2) is 17.5 Å². The molecule has 0 saturated heterocycles. The van der Waals surface area contributed by atoms with Gasteiger partial charge in [-0.1, -0.05) is 13.3 Å². The predicted molar refractivity (Wildman–Crippen MR) is 84.9 cm³/mol. The summed E-state index contributed by atoms with van der Waals surface area (Å²) in [6, 6.07) is 12.0. The molecule has 2 rings (SSSR count). The number of nitro benzene ring substituents is 1. The van der Waals surface area contributed by atoms with E-state index in [-0.39, 0.29) is 11.3 Å². The molecule has 0 atom stereocenters. The van der Waals surface area contributed by atoms with Crippen LogP contribution in [0.1, 0.15) is 30.1 Å². The molecule has 0 bridgehead atoms. The lowest BCUT2D eigenvalue weighted by Crippen LogP contribution is -2.08. The van der Waals surface area contributed by atoms with Gasteiger partial charge in [0.25, 0.3) is 5.69 Å². The van der Waals surface area contributed by atoms with Crippen LogP contribution in [0.15, 0.2) is 48.5 Å². The molecule has 0 aromatic heterocycles. The van der Waals surface area contributed by atoms with E-state index in [1.807, 2.05) is 0 Å². The summed E-state index contributed by atoms with van der Waals surface area (Å²) in [4.78, 5) is 22.0. The normalized spacial score (nSPS) is 10.1. The second-order valence-electron chi connectivity index (χ2n) is 4.87. The fourth-order valence-electron chi connectivity index (χ4n) is 1.82. The van der Waals surface area contributed by atoms with Crippen LogP contribution in [0, 0.1) is 10.1 Å². The topological polar surface area (TPSA) is 78.7 Å². The maximum Gasteiger partial charge on any atom is 0.343 e. The third kappa shape index (κ3) is 4.81. The van der Waals surface area contributed by atoms with E-state index in [1.165, 1.54) is 24.3 Å². The lowest BCUT2D eigenvalue weighted by molar-refractivity contribution is -0.384. The van der Waals surface area contributed by atoms with Gasteiger partial charge >= 0.3 is 5.97 Å². The molecule has 0 unspecified atom stereocenters. The van der Waals surface area contributed by atoms with Crippen LogP contribution in [0.2, 0.25) is 0 Å². The number of nitro groups is 1. The smallest absolute Gasteiger partial charge is 0.343 e. The maximum absolute atomic E-state index is 12.0. The predicted octanol–water partition coefficient (Wildman–Crippen LogP) is 3.99. The zero-order valence-corrected chi connectivity index (χ0v) is 12.7. The van der Waals surface area contributed by atoms with E-state index in [9.17, 15) is 14.9 Å². The van der Waals surface area contributed by atoms with E-state index in [0.29, 0.717) is 18.1 Å². The summed E-state index contributed by atoms with van der Waals surface area (Å²) < 4.78 is 10.7. The number of non-ortho nitro benzene ring substituents is 1. The lowest BCUT2D eigenvalue weighted by atomic mass is 10.2. The van der Waals surface area contributed by atoms with Crippen molar-refractivity contribution in [1.82, 2.24) is 0 Å². The first-order chi connectivity index (χ1) is 11.1. The average molecular weight is 315 g/mol. The highest BCUT2D eigenvalue weighted by molar-refractivity contribution is 5.91. The zero-order valence-electron chi connectivity index (χ0n) is 12.7. The first kappa shape index (κ1) is 16.5. The number of carbonyl (C=O) groups is 1. The van der Waals surface area contributed by atoms with Crippen molar-refractivity contribution >= 4 is 11.7 Å². The molecular weight excluding hydrogens is 298 g/mol. The Hall–Kier alpha value is -2.89. The van der Waals surface area contributed by atoms with E-state index < -0.39 is 10.9 Å². The van der Waals surface area contributed by atoms with Crippen LogP contribution in [0.5, 0.6) is 11.5 Å². The van der Waals surface area contributed by atoms with Crippen molar-refractivity contribution in [2.75, 3.05) is 6.61 Å². The molecule has 0 radical (unpaired) electrons. The molecule has 6 heteroatoms. The molecule has 0 heterocycles. The number of rotatable bonds is 7. The molecular formula is C17H17NO5. The summed E-state index contributed by atoms with van der Waals surface area (Å²) in [6.45, 7) is 2.74. The van der Waals surface area contributed by atoms with Crippen molar-refractivity contribution in [3.05, 3.63) is 64.2 Å². The molecule has 0 aliphatic rings. The number of esters is 1. The first-order valence-corrected chi connectivity index (χ1v) is 7.29. The number of unbranched alkanes of at least 4 members (excludes halogenated alkanes) is 1. The molecule has 6 nitrogen and oxygen atoms in total. The molecule has 23 heavy (non-hydrogen) atoms. The van der Waals surface area contributed by atoms with Crippen molar-refractivity contribution in [2.45, 2.75) is 19.8 Å². The van der Waals surface area contributed by atoms with Crippen molar-refractivity contribution in [1.29, 1.82) is 0 Å². The molecule has 2 aromatic rings. The van der Waals surface area contributed by atoms with Gasteiger partial charge in [-0.2, -0.15) is 0 Å². The standard InChI is InChI=1S/C17H17NO5/c1-2-3-12-22-15-8-10-16(11-9-15)23-17(19)13-4-6-14(7-5-13)18(20)21/h4-11H,2-3,12H2,1H3. The highest BCUT2D eigenvalue weighted by Gasteiger charge is 2.11. The third-order valence-electron chi connectivity index (χ3n) is 3.11. The number of nitrogens with zero attached hydrogens (tertiary/aromatic N) is 1. The number of ether oxygens (including phenoxy) is 2. The highest BCUT2D eigenvalue weighted by Crippen LogP contribution is 2.19. The number of carbonyl (C=O) groups excluding carboxylic acids is 1. The van der Waals surface area contributed by atoms with Crippen LogP contribution in [0.4, 0.5) is 5.69 Å². The fourth-order valence-corrected chi connectivity index (χ4v) is 1.82. The van der Waals surface area contributed by atoms with Gasteiger partial charge in [0, 0.05) is 12.1 Å². The Bertz CT molecular complexity index is 664. The van der Waals surface area contributed by atoms with Gasteiger partial charge in [0.05, 0.1) is 17.1 Å². The van der Waals surface area contributed by atoms with Gasteiger partial charge in [-0.25, -0.2) is 4.79 Å². The monoisotopic (exact) mass is 315 g/mol. The Balaban J connectivity index is 1.95. The van der Waals surface area contributed by atoms with Crippen LogP contribution < -0.4 is 9.47 Å². The number of hydrogen-bond acceptors (Lipinski definition) is 5. The number of benzene rings is 2. The Morgan fingerprint density at radius 2 is 1.65 bits per heavy atom. The average Bonchev–Trinajstić information content (AvgIpc) is 2.56. The van der Waals surface area contributed by atoms with Crippen molar-refractivity contribution < 1.29 is 19.2 Å². The van der Waals surface area contributed by atoms with Crippen molar-refractivity contribution in [3.8, 4) is 11.5 Å². The molecule has 120 valence electrons. The van der Waals surface area contributed by atoms with Gasteiger partial charge in [0.1, 0.15) is 11.5 Å². The Labute approximate surface area is 133 Å². The Morgan fingerprint density at radius 3 is 2.22 bits per heavy atom. The van der Waals surface area contributed by atoms with Crippen molar-refractivity contribution in [3.63, 3.8) is 0 Å². The van der Waals surface area contributed by atoms with Gasteiger partial charge in [-0.15, -0.1) is 0 Å². The zero-order chi connectivity index (χ0) is 16.7. The van der Waals surface area contributed by atoms with E-state index >= 15 is 0 Å². The van der Waals surface area contributed by atoms with Crippen LogP contribution in [0.25, 0.3) is 0 Å². The van der Waals surface area contributed by atoms with E-state index in [0.717, 1.165) is 12.8 Å². The second-order valence-corrected chi connectivity index (χ2v) is 4.87. The minimum atomic E-state index is -0.570. The summed E-state index contributed by atoms with van der Waals surface area (Å²) in [6.07, 6.45) is 2.04. The molecule has 0 spiro atoms. The maximum atomic E-state index is 12.0. The van der Waals surface area contributed by atoms with Gasteiger partial charge < -0.3 is 9.47 Å². The van der Waals surface area contributed by atoms with Gasteiger partial charge in [0.15, 0.2) is 0 Å². The third-order valence-corrected chi connectivity index (χ3v) is 3.11. The summed E-state index contributed by atoms with van der Waals surface area (Å²) in [5, 5.41) is 10.6. The summed E-state index contributed by atoms with van der Waals surface area (Å²) >= 11 is 0. The molecule has 0 saturated carbocycles. The molecule has 0 aliphatic heterocycles. The summed E-state index contributed by atoms with van der Waals surface area (Å²) in [5.74, 6) is 0.532. The van der Waals surface area contributed by atoms with Crippen molar-refractivity contribution in [2.24, 2.45) is 0 Å². The fraction of sp³-hybridized carbons (Fsp3) is 0.235. The molecule has 2 aromatic carbocycles. The SMILES string of the molecule is CCCCOc1ccc(OC(=O)c2ccc([N+](=O)[O-])cc2)cc1. The van der Waals surface area contributed by atoms with Crippen LogP contribution in [0.3, 0.4) is 0 Å². The minimum absolute atomic E-state index is 0.0740. The van der Waals surface area contributed by atoms with E-state index in [1.54, 1.807) is 24.3 Å². The Kier molecular flexibility index (Phi) is 5.68. The van der Waals surface area contributed by atoms with Crippen LogP contribution >= 0.6 is 0 Å². The number of hydrogen-bond donors (Lipinski definition) is 0. The summed E-state index contributed by atoms with van der Waals surface area (Å²) in [7, 11) is 0. The molecule has 0 aliphatic carbocycles. The minimum Gasteiger partial charge on any atom is -0.494 e. The van der Waals surface area contributed by atoms with E-state index in [4.69, 9.17) is 9.47 Å². The van der Waals surface area contributed by atoms with Gasteiger partial charge in [0.2, 0.25) is 0 Å². The van der Waals surface area contributed by atoms with Gasteiger partial charge in [-0.05, 0) is 42.8 Å². The molecule has 0 N–H and O–H groups in total. The largest absolute Gasteiger partial charge is 0.494 e. The molecule has 0 amide bonds. The second kappa shape index (κ2) is 7.93. The quantitative estimate of drug-likeness (QED) is 0.254. The van der Waals surface area contributed by atoms with Crippen LogP contribution in [-0.2, 0) is 0 Å². The summed E-state index contributed by atoms with van der Waals surface area (Å²) in [5.41, 5.74) is 0.175. The molecule has 0 fully saturated rings. The van der Waals surface area contributed by atoms with Gasteiger partial charge in [-0.3, -0.25) is 10.1 Å². The highest BCUT2D eigenvalue weighted by atomic mass is 16.6. The first-order valence-electron chi connectivity index (χ1n) is 7.29.